The Morgan fingerprint density at radius 2 is 2.04 bits per heavy atom. The maximum absolute atomic E-state index is 12.1. The number of amides is 1. The van der Waals surface area contributed by atoms with E-state index in [0.717, 1.165) is 0 Å². The summed E-state index contributed by atoms with van der Waals surface area (Å²) < 4.78 is 4.99. The van der Waals surface area contributed by atoms with Crippen LogP contribution in [0.15, 0.2) is 4.79 Å². The Balaban J connectivity index is 2.48. The first-order valence-corrected chi connectivity index (χ1v) is 8.78. The van der Waals surface area contributed by atoms with E-state index >= 15 is 0 Å². The molecule has 0 saturated carbocycles. The van der Waals surface area contributed by atoms with Crippen LogP contribution in [0.1, 0.15) is 52.0 Å². The molecule has 0 aliphatic rings. The number of hydrogen-bond donors (Lipinski definition) is 4. The molecule has 146 valence electrons. The van der Waals surface area contributed by atoms with Gasteiger partial charge in [0.1, 0.15) is 6.04 Å². The zero-order chi connectivity index (χ0) is 19.7. The predicted molar refractivity (Wildman–Crippen MR) is 96.5 cm³/mol. The first-order chi connectivity index (χ1) is 12.2. The second-order valence-electron chi connectivity index (χ2n) is 6.46. The average molecular weight is 368 g/mol. The molecule has 0 aromatic carbocycles. The lowest BCUT2D eigenvalue weighted by Gasteiger charge is -2.19. The minimum atomic E-state index is -0.657. The summed E-state index contributed by atoms with van der Waals surface area (Å²) >= 11 is 0. The van der Waals surface area contributed by atoms with Gasteiger partial charge in [-0.05, 0) is 38.5 Å². The van der Waals surface area contributed by atoms with Gasteiger partial charge in [0.15, 0.2) is 0 Å². The zero-order valence-electron chi connectivity index (χ0n) is 15.5. The molecular weight excluding hydrogens is 340 g/mol. The van der Waals surface area contributed by atoms with Gasteiger partial charge in [0.25, 0.3) is 5.56 Å². The molecule has 1 rings (SSSR count). The summed E-state index contributed by atoms with van der Waals surface area (Å²) in [5.74, 6) is -0.991. The van der Waals surface area contributed by atoms with Gasteiger partial charge < -0.3 is 20.9 Å². The number of nitrogens with one attached hydrogen (secondary N) is 2. The number of hydrogen-bond acceptors (Lipinski definition) is 7. The summed E-state index contributed by atoms with van der Waals surface area (Å²) in [6, 6.07) is -0.657. The minimum absolute atomic E-state index is 0.142. The third kappa shape index (κ3) is 7.12. The van der Waals surface area contributed by atoms with Crippen LogP contribution in [-0.2, 0) is 20.7 Å². The van der Waals surface area contributed by atoms with Crippen molar-refractivity contribution in [3.05, 3.63) is 15.9 Å². The SMILES string of the molecule is CCOC(=O)C(CC(C)C)NC(=O)CCCCc1c(O)nc(N)[nH]c1=O. The lowest BCUT2D eigenvalue weighted by molar-refractivity contribution is -0.147. The van der Waals surface area contributed by atoms with Crippen LogP contribution in [0.5, 0.6) is 5.88 Å². The summed E-state index contributed by atoms with van der Waals surface area (Å²) in [7, 11) is 0. The van der Waals surface area contributed by atoms with Crippen LogP contribution in [0.3, 0.4) is 0 Å². The normalized spacial score (nSPS) is 12.0. The van der Waals surface area contributed by atoms with Crippen LogP contribution in [0, 0.1) is 5.92 Å². The number of carbonyl (C=O) groups is 2. The highest BCUT2D eigenvalue weighted by Crippen LogP contribution is 2.13. The Labute approximate surface area is 152 Å². The predicted octanol–water partition coefficient (Wildman–Crippen LogP) is 0.865. The highest BCUT2D eigenvalue weighted by Gasteiger charge is 2.22. The van der Waals surface area contributed by atoms with E-state index in [0.29, 0.717) is 19.3 Å². The molecule has 0 aliphatic carbocycles. The topological polar surface area (TPSA) is 147 Å². The molecule has 1 aromatic rings. The van der Waals surface area contributed by atoms with E-state index in [2.05, 4.69) is 15.3 Å². The molecule has 5 N–H and O–H groups in total. The molecule has 26 heavy (non-hydrogen) atoms. The van der Waals surface area contributed by atoms with Crippen molar-refractivity contribution >= 4 is 17.8 Å². The van der Waals surface area contributed by atoms with E-state index in [-0.39, 0.29) is 42.8 Å². The van der Waals surface area contributed by atoms with Gasteiger partial charge in [0.2, 0.25) is 17.7 Å². The number of aromatic nitrogens is 2. The number of ether oxygens (including phenoxy) is 1. The highest BCUT2D eigenvalue weighted by molar-refractivity contribution is 5.84. The number of anilines is 1. The van der Waals surface area contributed by atoms with E-state index in [9.17, 15) is 19.5 Å². The van der Waals surface area contributed by atoms with Crippen molar-refractivity contribution in [2.45, 2.75) is 58.9 Å². The van der Waals surface area contributed by atoms with E-state index in [4.69, 9.17) is 10.5 Å². The van der Waals surface area contributed by atoms with Crippen molar-refractivity contribution in [2.75, 3.05) is 12.3 Å². The molecule has 1 unspecified atom stereocenters. The minimum Gasteiger partial charge on any atom is -0.493 e. The molecule has 1 atom stereocenters. The lowest BCUT2D eigenvalue weighted by atomic mass is 10.0. The number of nitrogen functional groups attached to an aromatic ring is 1. The molecule has 0 spiro atoms. The maximum Gasteiger partial charge on any atom is 0.328 e. The molecule has 9 nitrogen and oxygen atoms in total. The van der Waals surface area contributed by atoms with Crippen LogP contribution in [0.4, 0.5) is 5.95 Å². The molecular formula is C17H28N4O5. The molecule has 9 heteroatoms. The Bertz CT molecular complexity index is 672. The van der Waals surface area contributed by atoms with Gasteiger partial charge in [0.05, 0.1) is 12.2 Å². The summed E-state index contributed by atoms with van der Waals surface area (Å²) in [5.41, 5.74) is 4.99. The van der Waals surface area contributed by atoms with E-state index in [1.165, 1.54) is 0 Å². The van der Waals surface area contributed by atoms with Crippen LogP contribution < -0.4 is 16.6 Å². The van der Waals surface area contributed by atoms with E-state index in [1.807, 2.05) is 13.8 Å². The number of rotatable bonds is 10. The van der Waals surface area contributed by atoms with Crippen LogP contribution in [0.2, 0.25) is 0 Å². The highest BCUT2D eigenvalue weighted by atomic mass is 16.5. The second-order valence-corrected chi connectivity index (χ2v) is 6.46. The number of nitrogens with zero attached hydrogens (tertiary/aromatic N) is 1. The third-order valence-corrected chi connectivity index (χ3v) is 3.71. The largest absolute Gasteiger partial charge is 0.493 e. The standard InChI is InChI=1S/C17H28N4O5/c1-4-26-16(25)12(9-10(2)3)19-13(22)8-6-5-7-11-14(23)20-17(18)21-15(11)24/h10,12H,4-9H2,1-3H3,(H,19,22)(H4,18,20,21,23,24). The molecule has 0 aliphatic heterocycles. The fraction of sp³-hybridized carbons (Fsp3) is 0.647. The van der Waals surface area contributed by atoms with Crippen molar-refractivity contribution in [3.63, 3.8) is 0 Å². The molecule has 0 radical (unpaired) electrons. The Hall–Kier alpha value is -2.58. The van der Waals surface area contributed by atoms with Gasteiger partial charge in [-0.15, -0.1) is 0 Å². The fourth-order valence-corrected chi connectivity index (χ4v) is 2.51. The van der Waals surface area contributed by atoms with Crippen molar-refractivity contribution in [3.8, 4) is 5.88 Å². The van der Waals surface area contributed by atoms with Gasteiger partial charge >= 0.3 is 5.97 Å². The van der Waals surface area contributed by atoms with Crippen molar-refractivity contribution in [2.24, 2.45) is 5.92 Å². The smallest absolute Gasteiger partial charge is 0.328 e. The number of esters is 1. The lowest BCUT2D eigenvalue weighted by Crippen LogP contribution is -2.42. The summed E-state index contributed by atoms with van der Waals surface area (Å²) in [6.07, 6.45) is 1.98. The Morgan fingerprint density at radius 3 is 2.62 bits per heavy atom. The van der Waals surface area contributed by atoms with E-state index < -0.39 is 23.5 Å². The Kier molecular flexibility index (Phi) is 8.60. The van der Waals surface area contributed by atoms with Gasteiger partial charge in [-0.25, -0.2) is 4.79 Å². The van der Waals surface area contributed by atoms with Crippen LogP contribution >= 0.6 is 0 Å². The summed E-state index contributed by atoms with van der Waals surface area (Å²) in [6.45, 7) is 5.90. The average Bonchev–Trinajstić information content (AvgIpc) is 2.52. The van der Waals surface area contributed by atoms with Gasteiger partial charge in [-0.3, -0.25) is 14.6 Å². The maximum atomic E-state index is 12.1. The monoisotopic (exact) mass is 368 g/mol. The molecule has 0 bridgehead atoms. The van der Waals surface area contributed by atoms with Crippen molar-refractivity contribution < 1.29 is 19.4 Å². The number of nitrogens with two attached hydrogens (primary N) is 1. The van der Waals surface area contributed by atoms with Gasteiger partial charge in [-0.1, -0.05) is 13.8 Å². The number of carbonyl (C=O) groups excluding carboxylic acids is 2. The third-order valence-electron chi connectivity index (χ3n) is 3.71. The molecule has 1 heterocycles. The van der Waals surface area contributed by atoms with Crippen LogP contribution in [0.25, 0.3) is 0 Å². The molecule has 1 amide bonds. The van der Waals surface area contributed by atoms with E-state index in [1.54, 1.807) is 6.92 Å². The number of H-pyrrole nitrogens is 1. The first-order valence-electron chi connectivity index (χ1n) is 8.78. The van der Waals surface area contributed by atoms with Crippen molar-refractivity contribution in [1.82, 2.24) is 15.3 Å². The number of aromatic hydroxyl groups is 1. The number of unbranched alkanes of at least 4 members (excludes halogenated alkanes) is 1. The Morgan fingerprint density at radius 1 is 1.35 bits per heavy atom. The summed E-state index contributed by atoms with van der Waals surface area (Å²) in [5, 5.41) is 12.4. The second kappa shape index (κ2) is 10.4. The molecule has 0 saturated heterocycles. The molecule has 1 aromatic heterocycles. The molecule has 0 fully saturated rings. The summed E-state index contributed by atoms with van der Waals surface area (Å²) in [4.78, 5) is 41.6. The van der Waals surface area contributed by atoms with Crippen LogP contribution in [-0.4, -0.2) is 39.6 Å². The van der Waals surface area contributed by atoms with Crippen molar-refractivity contribution in [1.29, 1.82) is 0 Å². The zero-order valence-corrected chi connectivity index (χ0v) is 15.5. The number of aromatic amines is 1. The fourth-order valence-electron chi connectivity index (χ4n) is 2.51. The quantitative estimate of drug-likeness (QED) is 0.354. The van der Waals surface area contributed by atoms with Gasteiger partial charge in [0, 0.05) is 6.42 Å². The first kappa shape index (κ1) is 21.5. The van der Waals surface area contributed by atoms with Gasteiger partial charge in [-0.2, -0.15) is 4.98 Å².